The molecule has 0 aromatic carbocycles. The minimum atomic E-state index is -0.247. The molecular formula is C15H28N2O3. The van der Waals surface area contributed by atoms with E-state index in [0.717, 1.165) is 52.0 Å². The Balaban J connectivity index is 1.63. The molecule has 5 nitrogen and oxygen atoms in total. The van der Waals surface area contributed by atoms with Gasteiger partial charge < -0.3 is 14.7 Å². The maximum Gasteiger partial charge on any atom is 0.248 e. The van der Waals surface area contributed by atoms with Crippen molar-refractivity contribution < 1.29 is 14.6 Å². The van der Waals surface area contributed by atoms with Crippen LogP contribution in [0.4, 0.5) is 0 Å². The van der Waals surface area contributed by atoms with Crippen LogP contribution in [0.15, 0.2) is 0 Å². The van der Waals surface area contributed by atoms with Gasteiger partial charge in [-0.25, -0.2) is 0 Å². The van der Waals surface area contributed by atoms with Crippen molar-refractivity contribution in [3.63, 3.8) is 0 Å². The van der Waals surface area contributed by atoms with Gasteiger partial charge in [-0.2, -0.15) is 0 Å². The predicted molar refractivity (Wildman–Crippen MR) is 77.5 cm³/mol. The van der Waals surface area contributed by atoms with Crippen LogP contribution in [-0.2, 0) is 9.53 Å². The first kappa shape index (κ1) is 15.7. The van der Waals surface area contributed by atoms with Crippen LogP contribution in [-0.4, -0.2) is 72.4 Å². The van der Waals surface area contributed by atoms with Crippen LogP contribution in [0.2, 0.25) is 0 Å². The van der Waals surface area contributed by atoms with E-state index in [9.17, 15) is 9.90 Å². The first-order valence-corrected chi connectivity index (χ1v) is 7.99. The fourth-order valence-corrected chi connectivity index (χ4v) is 2.94. The van der Waals surface area contributed by atoms with Gasteiger partial charge in [0, 0.05) is 32.7 Å². The third-order valence-electron chi connectivity index (χ3n) is 4.41. The van der Waals surface area contributed by atoms with Crippen molar-refractivity contribution >= 4 is 5.91 Å². The zero-order valence-electron chi connectivity index (χ0n) is 12.6. The van der Waals surface area contributed by atoms with Gasteiger partial charge in [0.2, 0.25) is 5.91 Å². The van der Waals surface area contributed by atoms with E-state index >= 15 is 0 Å². The quantitative estimate of drug-likeness (QED) is 0.786. The summed E-state index contributed by atoms with van der Waals surface area (Å²) in [7, 11) is 0. The van der Waals surface area contributed by atoms with Crippen molar-refractivity contribution in [2.45, 2.75) is 51.2 Å². The lowest BCUT2D eigenvalue weighted by atomic mass is 10.2. The average Bonchev–Trinajstić information content (AvgIpc) is 2.98. The molecule has 2 fully saturated rings. The molecular weight excluding hydrogens is 256 g/mol. The van der Waals surface area contributed by atoms with Crippen molar-refractivity contribution in [1.82, 2.24) is 9.80 Å². The summed E-state index contributed by atoms with van der Waals surface area (Å²) in [6.45, 7) is 6.16. The zero-order chi connectivity index (χ0) is 14.4. The minimum absolute atomic E-state index is 0.118. The van der Waals surface area contributed by atoms with Gasteiger partial charge in [-0.15, -0.1) is 0 Å². The van der Waals surface area contributed by atoms with E-state index in [1.54, 1.807) is 0 Å². The van der Waals surface area contributed by atoms with Gasteiger partial charge in [-0.3, -0.25) is 9.69 Å². The molecule has 5 heteroatoms. The van der Waals surface area contributed by atoms with E-state index in [0.29, 0.717) is 6.10 Å². The first-order valence-electron chi connectivity index (χ1n) is 7.99. The molecule has 116 valence electrons. The molecule has 1 heterocycles. The van der Waals surface area contributed by atoms with Crippen LogP contribution in [0.1, 0.15) is 39.0 Å². The molecule has 1 atom stereocenters. The smallest absolute Gasteiger partial charge is 0.248 e. The normalized spacial score (nSPS) is 23.2. The van der Waals surface area contributed by atoms with Crippen molar-refractivity contribution in [2.75, 3.05) is 39.3 Å². The molecule has 0 bridgehead atoms. The van der Waals surface area contributed by atoms with Gasteiger partial charge in [-0.05, 0) is 19.3 Å². The second-order valence-electron chi connectivity index (χ2n) is 5.96. The second kappa shape index (κ2) is 7.96. The molecule has 0 spiro atoms. The van der Waals surface area contributed by atoms with Crippen LogP contribution in [0.3, 0.4) is 0 Å². The summed E-state index contributed by atoms with van der Waals surface area (Å²) in [5.74, 6) is 0.118. The summed E-state index contributed by atoms with van der Waals surface area (Å²) in [6, 6.07) is 0. The van der Waals surface area contributed by atoms with Crippen LogP contribution >= 0.6 is 0 Å². The Labute approximate surface area is 121 Å². The lowest BCUT2D eigenvalue weighted by molar-refractivity contribution is -0.140. The Morgan fingerprint density at radius 3 is 2.50 bits per heavy atom. The predicted octanol–water partition coefficient (Wildman–Crippen LogP) is 0.861. The van der Waals surface area contributed by atoms with E-state index in [4.69, 9.17) is 4.74 Å². The maximum atomic E-state index is 12.1. The molecule has 2 aliphatic rings. The summed E-state index contributed by atoms with van der Waals surface area (Å²) < 4.78 is 5.68. The number of rotatable bonds is 6. The molecule has 0 aromatic rings. The molecule has 1 N–H and O–H groups in total. The highest BCUT2D eigenvalue weighted by Crippen LogP contribution is 2.20. The average molecular weight is 284 g/mol. The van der Waals surface area contributed by atoms with Crippen molar-refractivity contribution in [3.05, 3.63) is 0 Å². The molecule has 0 aromatic heterocycles. The first-order chi connectivity index (χ1) is 9.69. The number of carbonyl (C=O) groups excluding carboxylic acids is 1. The summed E-state index contributed by atoms with van der Waals surface area (Å²) in [4.78, 5) is 16.2. The van der Waals surface area contributed by atoms with E-state index in [2.05, 4.69) is 4.90 Å². The topological polar surface area (TPSA) is 53.0 Å². The fraction of sp³-hybridized carbons (Fsp3) is 0.933. The molecule has 1 unspecified atom stereocenters. The fourth-order valence-electron chi connectivity index (χ4n) is 2.94. The Morgan fingerprint density at radius 1 is 1.25 bits per heavy atom. The number of aliphatic hydroxyl groups is 1. The molecule has 1 aliphatic heterocycles. The van der Waals surface area contributed by atoms with Crippen LogP contribution in [0.25, 0.3) is 0 Å². The number of β-amino-alcohol motifs (C(OH)–C–C–N with tert-alkyl or cyclic N) is 1. The second-order valence-corrected chi connectivity index (χ2v) is 5.96. The van der Waals surface area contributed by atoms with E-state index in [-0.39, 0.29) is 18.6 Å². The Morgan fingerprint density at radius 2 is 1.90 bits per heavy atom. The summed E-state index contributed by atoms with van der Waals surface area (Å²) >= 11 is 0. The highest BCUT2D eigenvalue weighted by molar-refractivity contribution is 5.77. The number of amides is 1. The lowest BCUT2D eigenvalue weighted by Crippen LogP contribution is -2.51. The largest absolute Gasteiger partial charge is 0.392 e. The third-order valence-corrected chi connectivity index (χ3v) is 4.41. The Kier molecular flexibility index (Phi) is 6.26. The molecule has 0 radical (unpaired) electrons. The van der Waals surface area contributed by atoms with Crippen LogP contribution < -0.4 is 0 Å². The molecule has 2 rings (SSSR count). The summed E-state index contributed by atoms with van der Waals surface area (Å²) in [6.07, 6.45) is 5.53. The SMILES string of the molecule is CCC(O)CN1CCN(C(=O)COC2CCCC2)CC1. The van der Waals surface area contributed by atoms with E-state index in [1.807, 2.05) is 11.8 Å². The van der Waals surface area contributed by atoms with Crippen LogP contribution in [0.5, 0.6) is 0 Å². The number of hydrogen-bond acceptors (Lipinski definition) is 4. The third kappa shape index (κ3) is 4.72. The van der Waals surface area contributed by atoms with Crippen molar-refractivity contribution in [3.8, 4) is 0 Å². The number of aliphatic hydroxyl groups excluding tert-OH is 1. The van der Waals surface area contributed by atoms with Crippen molar-refractivity contribution in [1.29, 1.82) is 0 Å². The number of nitrogens with zero attached hydrogens (tertiary/aromatic N) is 2. The summed E-state index contributed by atoms with van der Waals surface area (Å²) in [5.41, 5.74) is 0. The highest BCUT2D eigenvalue weighted by Gasteiger charge is 2.23. The molecule has 1 aliphatic carbocycles. The zero-order valence-corrected chi connectivity index (χ0v) is 12.6. The number of hydrogen-bond donors (Lipinski definition) is 1. The van der Waals surface area contributed by atoms with Crippen LogP contribution in [0, 0.1) is 0 Å². The molecule has 1 saturated heterocycles. The standard InChI is InChI=1S/C15H28N2O3/c1-2-13(18)11-16-7-9-17(10-8-16)15(19)12-20-14-5-3-4-6-14/h13-14,18H,2-12H2,1H3. The Bertz CT molecular complexity index is 297. The lowest BCUT2D eigenvalue weighted by Gasteiger charge is -2.35. The van der Waals surface area contributed by atoms with Crippen molar-refractivity contribution in [2.24, 2.45) is 0 Å². The summed E-state index contributed by atoms with van der Waals surface area (Å²) in [5, 5.41) is 9.65. The molecule has 20 heavy (non-hydrogen) atoms. The van der Waals surface area contributed by atoms with Gasteiger partial charge in [0.1, 0.15) is 6.61 Å². The molecule has 1 amide bonds. The minimum Gasteiger partial charge on any atom is -0.392 e. The van der Waals surface area contributed by atoms with Gasteiger partial charge in [0.05, 0.1) is 12.2 Å². The highest BCUT2D eigenvalue weighted by atomic mass is 16.5. The number of carbonyl (C=O) groups is 1. The van der Waals surface area contributed by atoms with E-state index in [1.165, 1.54) is 12.8 Å². The van der Waals surface area contributed by atoms with Gasteiger partial charge in [0.15, 0.2) is 0 Å². The monoisotopic (exact) mass is 284 g/mol. The van der Waals surface area contributed by atoms with Gasteiger partial charge in [-0.1, -0.05) is 19.8 Å². The maximum absolute atomic E-state index is 12.1. The van der Waals surface area contributed by atoms with Gasteiger partial charge >= 0.3 is 0 Å². The van der Waals surface area contributed by atoms with E-state index < -0.39 is 0 Å². The Hall–Kier alpha value is -0.650. The van der Waals surface area contributed by atoms with Gasteiger partial charge in [0.25, 0.3) is 0 Å². The number of piperazine rings is 1. The molecule has 1 saturated carbocycles. The number of ether oxygens (including phenoxy) is 1.